The molecule has 0 bridgehead atoms. The second-order valence-electron chi connectivity index (χ2n) is 10.0. The van der Waals surface area contributed by atoms with Crippen molar-refractivity contribution >= 4 is 33.6 Å². The summed E-state index contributed by atoms with van der Waals surface area (Å²) >= 11 is 3.42. The second kappa shape index (κ2) is 12.9. The highest BCUT2D eigenvalue weighted by Crippen LogP contribution is 2.41. The van der Waals surface area contributed by atoms with Crippen molar-refractivity contribution in [3.05, 3.63) is 57.2 Å². The van der Waals surface area contributed by atoms with E-state index in [1.165, 1.54) is 20.6 Å². The zero-order valence-corrected chi connectivity index (χ0v) is 24.6. The highest BCUT2D eigenvalue weighted by molar-refractivity contribution is 9.10. The molecule has 0 radical (unpaired) electrons. The van der Waals surface area contributed by atoms with Crippen molar-refractivity contribution in [1.29, 1.82) is 0 Å². The molecule has 1 unspecified atom stereocenters. The van der Waals surface area contributed by atoms with E-state index in [1.54, 1.807) is 49.1 Å². The van der Waals surface area contributed by atoms with Gasteiger partial charge in [-0.05, 0) is 62.4 Å². The molecule has 11 heteroatoms. The van der Waals surface area contributed by atoms with Crippen LogP contribution in [0.15, 0.2) is 46.1 Å². The van der Waals surface area contributed by atoms with Gasteiger partial charge in [0.1, 0.15) is 17.2 Å². The van der Waals surface area contributed by atoms with Gasteiger partial charge in [-0.3, -0.25) is 9.69 Å². The number of methoxy groups -OCH3 is 2. The minimum Gasteiger partial charge on any atom is -0.497 e. The van der Waals surface area contributed by atoms with E-state index in [1.807, 2.05) is 0 Å². The smallest absolute Gasteiger partial charge is 0.387 e. The molecule has 0 saturated heterocycles. The molecular formula is C29H34BrF2N3O5. The average molecular weight is 623 g/mol. The van der Waals surface area contributed by atoms with Crippen LogP contribution in [0.4, 0.5) is 19.3 Å². The van der Waals surface area contributed by atoms with Gasteiger partial charge in [-0.25, -0.2) is 4.79 Å². The van der Waals surface area contributed by atoms with Gasteiger partial charge in [0.2, 0.25) is 0 Å². The van der Waals surface area contributed by atoms with Gasteiger partial charge in [-0.2, -0.15) is 8.78 Å². The van der Waals surface area contributed by atoms with Crippen LogP contribution in [0.2, 0.25) is 0 Å². The summed E-state index contributed by atoms with van der Waals surface area (Å²) in [5.74, 6) is 0.594. The summed E-state index contributed by atoms with van der Waals surface area (Å²) in [6.45, 7) is 0.708. The molecule has 0 spiro atoms. The number of nitrogens with zero attached hydrogens (tertiary/aromatic N) is 1. The monoisotopic (exact) mass is 621 g/mol. The Balaban J connectivity index is 1.82. The number of ether oxygens (including phenoxy) is 3. The van der Waals surface area contributed by atoms with Crippen LogP contribution in [0.1, 0.15) is 56.2 Å². The van der Waals surface area contributed by atoms with Gasteiger partial charge in [0.25, 0.3) is 5.91 Å². The SMILES string of the molecule is COc1ccc(OC)c(NC(=O)C2=C(C)N(CC3CCCCC3)C(=O)NC2c2cc(Br)cc(C)c2OC(F)F)c1. The first-order valence-electron chi connectivity index (χ1n) is 13.2. The number of rotatable bonds is 9. The number of urea groups is 1. The summed E-state index contributed by atoms with van der Waals surface area (Å²) in [6, 6.07) is 6.75. The number of carbonyl (C=O) groups excluding carboxylic acids is 2. The van der Waals surface area contributed by atoms with Gasteiger partial charge in [0, 0.05) is 28.3 Å². The standard InChI is InChI=1S/C29H34BrF2N3O5/c1-16-12-19(30)13-21(26(16)40-28(31)32)25-24(27(36)33-22-14-20(38-3)10-11-23(22)39-4)17(2)35(29(37)34-25)15-18-8-6-5-7-9-18/h10-14,18,25,28H,5-9,15H2,1-4H3,(H,33,36)(H,34,37). The molecule has 1 aliphatic carbocycles. The zero-order chi connectivity index (χ0) is 29.0. The third-order valence-corrected chi connectivity index (χ3v) is 7.91. The molecule has 3 amide bonds. The first-order chi connectivity index (χ1) is 19.1. The Hall–Kier alpha value is -3.34. The van der Waals surface area contributed by atoms with Crippen LogP contribution in [-0.2, 0) is 4.79 Å². The molecule has 2 N–H and O–H groups in total. The van der Waals surface area contributed by atoms with E-state index in [0.717, 1.165) is 25.7 Å². The molecule has 1 aliphatic heterocycles. The number of halogens is 3. The van der Waals surface area contributed by atoms with Crippen LogP contribution in [0.3, 0.4) is 0 Å². The number of aryl methyl sites for hydroxylation is 1. The number of allylic oxidation sites excluding steroid dienone is 1. The Morgan fingerprint density at radius 3 is 2.50 bits per heavy atom. The van der Waals surface area contributed by atoms with E-state index in [4.69, 9.17) is 14.2 Å². The second-order valence-corrected chi connectivity index (χ2v) is 11.0. The Labute approximate surface area is 241 Å². The van der Waals surface area contributed by atoms with Gasteiger partial charge >= 0.3 is 12.6 Å². The molecule has 0 aromatic heterocycles. The summed E-state index contributed by atoms with van der Waals surface area (Å²) in [4.78, 5) is 29.1. The van der Waals surface area contributed by atoms with E-state index >= 15 is 0 Å². The van der Waals surface area contributed by atoms with Crippen molar-refractivity contribution in [1.82, 2.24) is 10.2 Å². The van der Waals surface area contributed by atoms with Crippen LogP contribution in [0, 0.1) is 12.8 Å². The maximum atomic E-state index is 14.0. The highest BCUT2D eigenvalue weighted by atomic mass is 79.9. The summed E-state index contributed by atoms with van der Waals surface area (Å²) in [7, 11) is 2.99. The lowest BCUT2D eigenvalue weighted by molar-refractivity contribution is -0.113. The molecule has 4 rings (SSSR count). The van der Waals surface area contributed by atoms with Gasteiger partial charge in [0.05, 0.1) is 31.5 Å². The maximum Gasteiger partial charge on any atom is 0.387 e. The maximum absolute atomic E-state index is 14.0. The minimum atomic E-state index is -3.09. The Bertz CT molecular complexity index is 1300. The van der Waals surface area contributed by atoms with E-state index in [9.17, 15) is 18.4 Å². The molecular weight excluding hydrogens is 588 g/mol. The largest absolute Gasteiger partial charge is 0.497 e. The summed E-state index contributed by atoms with van der Waals surface area (Å²) in [6.07, 6.45) is 5.37. The lowest BCUT2D eigenvalue weighted by Crippen LogP contribution is -2.50. The van der Waals surface area contributed by atoms with Crippen LogP contribution >= 0.6 is 15.9 Å². The third kappa shape index (κ3) is 6.51. The number of hydrogen-bond donors (Lipinski definition) is 2. The lowest BCUT2D eigenvalue weighted by Gasteiger charge is -2.38. The van der Waals surface area contributed by atoms with Gasteiger partial charge in [0.15, 0.2) is 0 Å². The summed E-state index contributed by atoms with van der Waals surface area (Å²) < 4.78 is 43.2. The predicted molar refractivity (Wildman–Crippen MR) is 151 cm³/mol. The number of alkyl halides is 2. The summed E-state index contributed by atoms with van der Waals surface area (Å²) in [5, 5.41) is 5.79. The van der Waals surface area contributed by atoms with Gasteiger partial charge in [-0.15, -0.1) is 0 Å². The van der Waals surface area contributed by atoms with Crippen LogP contribution < -0.4 is 24.8 Å². The lowest BCUT2D eigenvalue weighted by atomic mass is 9.87. The predicted octanol–water partition coefficient (Wildman–Crippen LogP) is 6.94. The molecule has 1 heterocycles. The Kier molecular flexibility index (Phi) is 9.55. The van der Waals surface area contributed by atoms with Crippen molar-refractivity contribution in [3.63, 3.8) is 0 Å². The van der Waals surface area contributed by atoms with E-state index in [0.29, 0.717) is 45.4 Å². The van der Waals surface area contributed by atoms with Crippen molar-refractivity contribution in [2.75, 3.05) is 26.1 Å². The number of anilines is 1. The normalized spacial score (nSPS) is 18.1. The first-order valence-corrected chi connectivity index (χ1v) is 14.0. The zero-order valence-electron chi connectivity index (χ0n) is 23.0. The van der Waals surface area contributed by atoms with Crippen LogP contribution in [0.5, 0.6) is 17.2 Å². The third-order valence-electron chi connectivity index (χ3n) is 7.45. The average Bonchev–Trinajstić information content (AvgIpc) is 2.92. The molecule has 2 aliphatic rings. The molecule has 2 aromatic rings. The van der Waals surface area contributed by atoms with Gasteiger partial charge in [-0.1, -0.05) is 35.2 Å². The highest BCUT2D eigenvalue weighted by Gasteiger charge is 2.39. The fourth-order valence-electron chi connectivity index (χ4n) is 5.48. The molecule has 8 nitrogen and oxygen atoms in total. The number of hydrogen-bond acceptors (Lipinski definition) is 5. The molecule has 1 atom stereocenters. The Morgan fingerprint density at radius 1 is 1.12 bits per heavy atom. The Morgan fingerprint density at radius 2 is 1.85 bits per heavy atom. The fourth-order valence-corrected chi connectivity index (χ4v) is 6.07. The number of benzene rings is 2. The number of nitrogens with one attached hydrogen (secondary N) is 2. The van der Waals surface area contributed by atoms with Crippen molar-refractivity contribution in [3.8, 4) is 17.2 Å². The summed E-state index contributed by atoms with van der Waals surface area (Å²) in [5.41, 5.74) is 1.67. The molecule has 1 fully saturated rings. The van der Waals surface area contributed by atoms with E-state index in [2.05, 4.69) is 26.6 Å². The fraction of sp³-hybridized carbons (Fsp3) is 0.448. The molecule has 2 aromatic carbocycles. The van der Waals surface area contributed by atoms with Crippen LogP contribution in [0.25, 0.3) is 0 Å². The van der Waals surface area contributed by atoms with Crippen molar-refractivity contribution in [2.45, 2.75) is 58.6 Å². The molecule has 1 saturated carbocycles. The van der Waals surface area contributed by atoms with Crippen LogP contribution in [-0.4, -0.2) is 44.2 Å². The van der Waals surface area contributed by atoms with Crippen molar-refractivity contribution < 1.29 is 32.6 Å². The minimum absolute atomic E-state index is 0.0960. The molecule has 40 heavy (non-hydrogen) atoms. The number of amides is 3. The van der Waals surface area contributed by atoms with E-state index in [-0.39, 0.29) is 16.9 Å². The quantitative estimate of drug-likeness (QED) is 0.317. The molecule has 216 valence electrons. The van der Waals surface area contributed by atoms with Gasteiger partial charge < -0.3 is 24.8 Å². The topological polar surface area (TPSA) is 89.1 Å². The first kappa shape index (κ1) is 29.6. The van der Waals surface area contributed by atoms with E-state index < -0.39 is 24.6 Å². The van der Waals surface area contributed by atoms with Crippen molar-refractivity contribution in [2.24, 2.45) is 5.92 Å². The number of carbonyl (C=O) groups is 2.